The zero-order valence-electron chi connectivity index (χ0n) is 7.40. The van der Waals surface area contributed by atoms with Crippen LogP contribution in [0.15, 0.2) is 22.2 Å². The van der Waals surface area contributed by atoms with Crippen LogP contribution in [0.4, 0.5) is 0 Å². The highest BCUT2D eigenvalue weighted by Crippen LogP contribution is 2.31. The van der Waals surface area contributed by atoms with E-state index < -0.39 is 17.9 Å². The number of halogens is 1. The number of carbonyl (C=O) groups is 2. The summed E-state index contributed by atoms with van der Waals surface area (Å²) >= 11 is 3.12. The third-order valence-electron chi connectivity index (χ3n) is 2.06. The molecule has 76 valence electrons. The minimum Gasteiger partial charge on any atom is -0.481 e. The third kappa shape index (κ3) is 2.04. The van der Waals surface area contributed by atoms with Crippen LogP contribution in [0.2, 0.25) is 0 Å². The van der Waals surface area contributed by atoms with E-state index >= 15 is 0 Å². The average molecular weight is 261 g/mol. The maximum absolute atomic E-state index is 10.7. The highest BCUT2D eigenvalue weighted by atomic mass is 79.9. The van der Waals surface area contributed by atoms with E-state index in [1.54, 1.807) is 13.0 Å². The molecule has 1 rings (SSSR count). The lowest BCUT2D eigenvalue weighted by Crippen LogP contribution is -2.20. The summed E-state index contributed by atoms with van der Waals surface area (Å²) in [4.78, 5) is 21.5. The van der Waals surface area contributed by atoms with Crippen molar-refractivity contribution < 1.29 is 19.8 Å². The van der Waals surface area contributed by atoms with Crippen molar-refractivity contribution in [1.29, 1.82) is 0 Å². The Balaban J connectivity index is 3.06. The summed E-state index contributed by atoms with van der Waals surface area (Å²) in [6.07, 6.45) is 2.86. The summed E-state index contributed by atoms with van der Waals surface area (Å²) in [5.41, 5.74) is 0.126. The zero-order chi connectivity index (χ0) is 10.9. The second kappa shape index (κ2) is 3.96. The fraction of sp³-hybridized carbons (Fsp3) is 0.333. The fourth-order valence-electron chi connectivity index (χ4n) is 1.30. The smallest absolute Gasteiger partial charge is 0.331 e. The van der Waals surface area contributed by atoms with Crippen LogP contribution in [0.5, 0.6) is 0 Å². The van der Waals surface area contributed by atoms with Gasteiger partial charge >= 0.3 is 11.9 Å². The van der Waals surface area contributed by atoms with Gasteiger partial charge in [0, 0.05) is 16.0 Å². The third-order valence-corrected chi connectivity index (χ3v) is 2.81. The van der Waals surface area contributed by atoms with Gasteiger partial charge < -0.3 is 10.2 Å². The van der Waals surface area contributed by atoms with Gasteiger partial charge in [0.15, 0.2) is 0 Å². The summed E-state index contributed by atoms with van der Waals surface area (Å²) in [5.74, 6) is -3.27. The van der Waals surface area contributed by atoms with Gasteiger partial charge in [-0.05, 0) is 0 Å². The Bertz CT molecular complexity index is 343. The van der Waals surface area contributed by atoms with Crippen LogP contribution in [-0.4, -0.2) is 22.2 Å². The second-order valence-electron chi connectivity index (χ2n) is 3.08. The first-order chi connectivity index (χ1) is 6.43. The molecule has 2 atom stereocenters. The predicted octanol–water partition coefficient (Wildman–Crippen LogP) is 1.63. The molecular weight excluding hydrogens is 252 g/mol. The summed E-state index contributed by atoms with van der Waals surface area (Å²) in [5, 5.41) is 17.6. The Hall–Kier alpha value is -1.10. The normalized spacial score (nSPS) is 26.4. The van der Waals surface area contributed by atoms with Crippen molar-refractivity contribution in [2.45, 2.75) is 6.92 Å². The van der Waals surface area contributed by atoms with Gasteiger partial charge in [0.1, 0.15) is 5.92 Å². The highest BCUT2D eigenvalue weighted by molar-refractivity contribution is 9.11. The number of rotatable bonds is 2. The highest BCUT2D eigenvalue weighted by Gasteiger charge is 2.28. The van der Waals surface area contributed by atoms with Crippen molar-refractivity contribution in [3.8, 4) is 0 Å². The van der Waals surface area contributed by atoms with Gasteiger partial charge in [0.05, 0.1) is 0 Å². The molecule has 0 amide bonds. The van der Waals surface area contributed by atoms with Crippen LogP contribution < -0.4 is 0 Å². The van der Waals surface area contributed by atoms with Gasteiger partial charge in [-0.25, -0.2) is 4.79 Å². The van der Waals surface area contributed by atoms with E-state index in [1.165, 1.54) is 6.08 Å². The molecule has 0 saturated heterocycles. The molecule has 2 unspecified atom stereocenters. The van der Waals surface area contributed by atoms with Crippen molar-refractivity contribution in [1.82, 2.24) is 0 Å². The van der Waals surface area contributed by atoms with Gasteiger partial charge in [-0.2, -0.15) is 0 Å². The summed E-state index contributed by atoms with van der Waals surface area (Å²) in [7, 11) is 0. The van der Waals surface area contributed by atoms with Crippen molar-refractivity contribution in [3.05, 3.63) is 22.2 Å². The molecule has 0 radical (unpaired) electrons. The first-order valence-corrected chi connectivity index (χ1v) is 4.77. The number of hydrogen-bond donors (Lipinski definition) is 2. The summed E-state index contributed by atoms with van der Waals surface area (Å²) < 4.78 is 0.502. The standard InChI is InChI=1S/C9H9BrO4/c1-4-2-7(10)6(9(13)14)3-5(4)8(11)12/h2-4,6H,1H3,(H,11,12)(H,13,14). The molecule has 0 aliphatic heterocycles. The largest absolute Gasteiger partial charge is 0.481 e. The van der Waals surface area contributed by atoms with Crippen LogP contribution in [0.1, 0.15) is 6.92 Å². The van der Waals surface area contributed by atoms with E-state index in [0.717, 1.165) is 0 Å². The fourth-order valence-corrected chi connectivity index (χ4v) is 2.02. The molecule has 1 aliphatic rings. The van der Waals surface area contributed by atoms with E-state index in [0.29, 0.717) is 4.48 Å². The maximum atomic E-state index is 10.7. The molecule has 5 heteroatoms. The number of carboxylic acids is 2. The lowest BCUT2D eigenvalue weighted by Gasteiger charge is -2.18. The van der Waals surface area contributed by atoms with Gasteiger partial charge in [0.25, 0.3) is 0 Å². The van der Waals surface area contributed by atoms with Crippen LogP contribution in [0.3, 0.4) is 0 Å². The van der Waals surface area contributed by atoms with E-state index in [2.05, 4.69) is 15.9 Å². The first-order valence-electron chi connectivity index (χ1n) is 3.98. The Morgan fingerprint density at radius 3 is 2.36 bits per heavy atom. The molecule has 0 heterocycles. The molecule has 2 N–H and O–H groups in total. The Labute approximate surface area is 89.1 Å². The number of allylic oxidation sites excluding steroid dienone is 1. The van der Waals surface area contributed by atoms with E-state index in [1.807, 2.05) is 0 Å². The maximum Gasteiger partial charge on any atom is 0.331 e. The van der Waals surface area contributed by atoms with E-state index in [4.69, 9.17) is 10.2 Å². The molecule has 14 heavy (non-hydrogen) atoms. The molecule has 0 aromatic rings. The van der Waals surface area contributed by atoms with E-state index in [9.17, 15) is 9.59 Å². The Morgan fingerprint density at radius 2 is 1.93 bits per heavy atom. The molecule has 0 aromatic carbocycles. The summed E-state index contributed by atoms with van der Waals surface area (Å²) in [6, 6.07) is 0. The molecule has 0 fully saturated rings. The minimum absolute atomic E-state index is 0.126. The Kier molecular flexibility index (Phi) is 3.10. The lowest BCUT2D eigenvalue weighted by atomic mass is 9.90. The molecule has 0 saturated carbocycles. The second-order valence-corrected chi connectivity index (χ2v) is 4.00. The van der Waals surface area contributed by atoms with Crippen molar-refractivity contribution in [2.75, 3.05) is 0 Å². The summed E-state index contributed by atoms with van der Waals surface area (Å²) in [6.45, 7) is 1.71. The monoisotopic (exact) mass is 260 g/mol. The van der Waals surface area contributed by atoms with Crippen LogP contribution >= 0.6 is 15.9 Å². The predicted molar refractivity (Wildman–Crippen MR) is 53.0 cm³/mol. The Morgan fingerprint density at radius 1 is 1.36 bits per heavy atom. The zero-order valence-corrected chi connectivity index (χ0v) is 8.98. The number of hydrogen-bond acceptors (Lipinski definition) is 2. The van der Waals surface area contributed by atoms with Gasteiger partial charge in [-0.1, -0.05) is 35.0 Å². The lowest BCUT2D eigenvalue weighted by molar-refractivity contribution is -0.138. The topological polar surface area (TPSA) is 74.6 Å². The van der Waals surface area contributed by atoms with Crippen LogP contribution in [-0.2, 0) is 9.59 Å². The van der Waals surface area contributed by atoms with Crippen LogP contribution in [0, 0.1) is 11.8 Å². The van der Waals surface area contributed by atoms with Gasteiger partial charge in [-0.15, -0.1) is 0 Å². The quantitative estimate of drug-likeness (QED) is 0.792. The molecule has 0 spiro atoms. The van der Waals surface area contributed by atoms with Crippen molar-refractivity contribution >= 4 is 27.9 Å². The molecule has 0 bridgehead atoms. The van der Waals surface area contributed by atoms with Gasteiger partial charge in [-0.3, -0.25) is 4.79 Å². The molecule has 1 aliphatic carbocycles. The van der Waals surface area contributed by atoms with Crippen LogP contribution in [0.25, 0.3) is 0 Å². The molecule has 0 aromatic heterocycles. The average Bonchev–Trinajstić information content (AvgIpc) is 2.02. The molecular formula is C9H9BrO4. The number of aliphatic carboxylic acids is 2. The SMILES string of the molecule is CC1C=C(Br)C(C(=O)O)C=C1C(=O)O. The molecule has 4 nitrogen and oxygen atoms in total. The number of carboxylic acid groups (broad SMARTS) is 2. The van der Waals surface area contributed by atoms with Crippen molar-refractivity contribution in [2.24, 2.45) is 11.8 Å². The first kappa shape index (κ1) is 11.0. The van der Waals surface area contributed by atoms with Gasteiger partial charge in [0.2, 0.25) is 0 Å². The van der Waals surface area contributed by atoms with Crippen molar-refractivity contribution in [3.63, 3.8) is 0 Å². The van der Waals surface area contributed by atoms with E-state index in [-0.39, 0.29) is 11.5 Å². The minimum atomic E-state index is -1.07.